The van der Waals surface area contributed by atoms with E-state index in [4.69, 9.17) is 14.0 Å². The van der Waals surface area contributed by atoms with E-state index in [0.29, 0.717) is 6.10 Å². The zero-order valence-electron chi connectivity index (χ0n) is 16.1. The van der Waals surface area contributed by atoms with Crippen LogP contribution in [0.4, 0.5) is 0 Å². The standard InChI is InChI=1S/C20H30BNO3/c1-19(2)20(3,4)25-21(24-19)13-10-16-6-8-17(9-7-16)23-18-11-14-22(5)15-12-18/h6-10,13,18H,11-12,14-15H2,1-5H3. The van der Waals surface area contributed by atoms with Gasteiger partial charge in [0.15, 0.2) is 0 Å². The zero-order valence-corrected chi connectivity index (χ0v) is 16.1. The molecule has 1 aromatic carbocycles. The highest BCUT2D eigenvalue weighted by Gasteiger charge is 2.49. The average Bonchev–Trinajstić information content (AvgIpc) is 2.76. The van der Waals surface area contributed by atoms with Crippen LogP contribution in [0.5, 0.6) is 5.75 Å². The predicted octanol–water partition coefficient (Wildman–Crippen LogP) is 3.80. The van der Waals surface area contributed by atoms with Gasteiger partial charge in [0.1, 0.15) is 11.9 Å². The van der Waals surface area contributed by atoms with Gasteiger partial charge in [0.25, 0.3) is 0 Å². The Kier molecular flexibility index (Phi) is 5.28. The van der Waals surface area contributed by atoms with Crippen molar-refractivity contribution in [2.45, 2.75) is 57.8 Å². The first-order valence-electron chi connectivity index (χ1n) is 9.24. The fraction of sp³-hybridized carbons (Fsp3) is 0.600. The Labute approximate surface area is 152 Å². The molecule has 0 aromatic heterocycles. The third-order valence-electron chi connectivity index (χ3n) is 5.57. The van der Waals surface area contributed by atoms with E-state index in [1.165, 1.54) is 0 Å². The van der Waals surface area contributed by atoms with E-state index < -0.39 is 0 Å². The summed E-state index contributed by atoms with van der Waals surface area (Å²) in [6.45, 7) is 10.5. The van der Waals surface area contributed by atoms with Crippen molar-refractivity contribution in [3.63, 3.8) is 0 Å². The summed E-state index contributed by atoms with van der Waals surface area (Å²) in [6.07, 6.45) is 4.57. The molecule has 0 radical (unpaired) electrons. The largest absolute Gasteiger partial charge is 0.490 e. The van der Waals surface area contributed by atoms with Crippen molar-refractivity contribution in [1.82, 2.24) is 4.90 Å². The van der Waals surface area contributed by atoms with Gasteiger partial charge in [-0.05, 0) is 65.3 Å². The fourth-order valence-electron chi connectivity index (χ4n) is 3.11. The van der Waals surface area contributed by atoms with Crippen LogP contribution in [-0.4, -0.2) is 49.5 Å². The van der Waals surface area contributed by atoms with Crippen LogP contribution in [0.15, 0.2) is 30.2 Å². The molecular weight excluding hydrogens is 313 g/mol. The monoisotopic (exact) mass is 343 g/mol. The van der Waals surface area contributed by atoms with Gasteiger partial charge in [0.2, 0.25) is 0 Å². The zero-order chi connectivity index (χ0) is 18.1. The Hall–Kier alpha value is -1.30. The average molecular weight is 343 g/mol. The number of hydrogen-bond acceptors (Lipinski definition) is 4. The molecule has 0 atom stereocenters. The Bertz CT molecular complexity index is 588. The van der Waals surface area contributed by atoms with Crippen molar-refractivity contribution in [2.75, 3.05) is 20.1 Å². The molecule has 0 bridgehead atoms. The van der Waals surface area contributed by atoms with Crippen molar-refractivity contribution in [3.8, 4) is 5.75 Å². The molecule has 2 aliphatic heterocycles. The Morgan fingerprint density at radius 3 is 2.16 bits per heavy atom. The maximum atomic E-state index is 6.09. The first kappa shape index (κ1) is 18.5. The summed E-state index contributed by atoms with van der Waals surface area (Å²) in [7, 11) is 1.86. The van der Waals surface area contributed by atoms with Gasteiger partial charge in [-0.3, -0.25) is 0 Å². The molecule has 4 nitrogen and oxygen atoms in total. The number of benzene rings is 1. The van der Waals surface area contributed by atoms with Gasteiger partial charge in [-0.15, -0.1) is 0 Å². The second-order valence-electron chi connectivity index (χ2n) is 8.17. The van der Waals surface area contributed by atoms with Gasteiger partial charge >= 0.3 is 7.12 Å². The highest BCUT2D eigenvalue weighted by atomic mass is 16.7. The Morgan fingerprint density at radius 1 is 1.04 bits per heavy atom. The van der Waals surface area contributed by atoms with Crippen molar-refractivity contribution in [2.24, 2.45) is 0 Å². The third kappa shape index (κ3) is 4.46. The Balaban J connectivity index is 1.54. The van der Waals surface area contributed by atoms with Crippen LogP contribution in [0, 0.1) is 0 Å². The maximum absolute atomic E-state index is 6.09. The number of ether oxygens (including phenoxy) is 1. The molecular formula is C20H30BNO3. The molecule has 1 aromatic rings. The highest BCUT2D eigenvalue weighted by molar-refractivity contribution is 6.52. The van der Waals surface area contributed by atoms with E-state index in [-0.39, 0.29) is 18.3 Å². The summed E-state index contributed by atoms with van der Waals surface area (Å²) in [6, 6.07) is 8.24. The molecule has 0 amide bonds. The maximum Gasteiger partial charge on any atom is 0.487 e. The van der Waals surface area contributed by atoms with Crippen LogP contribution < -0.4 is 4.74 Å². The van der Waals surface area contributed by atoms with Gasteiger partial charge in [0, 0.05) is 13.1 Å². The number of piperidine rings is 1. The lowest BCUT2D eigenvalue weighted by Gasteiger charge is -2.32. The van der Waals surface area contributed by atoms with Gasteiger partial charge in [-0.2, -0.15) is 0 Å². The molecule has 136 valence electrons. The van der Waals surface area contributed by atoms with E-state index in [9.17, 15) is 0 Å². The summed E-state index contributed by atoms with van der Waals surface area (Å²) in [5, 5.41) is 0. The molecule has 2 heterocycles. The van der Waals surface area contributed by atoms with Crippen molar-refractivity contribution in [1.29, 1.82) is 0 Å². The summed E-state index contributed by atoms with van der Waals surface area (Å²) in [5.74, 6) is 2.92. The van der Waals surface area contributed by atoms with E-state index in [0.717, 1.165) is 37.2 Å². The van der Waals surface area contributed by atoms with Crippen LogP contribution in [0.3, 0.4) is 0 Å². The molecule has 0 saturated carbocycles. The molecule has 0 spiro atoms. The first-order valence-corrected chi connectivity index (χ1v) is 9.24. The third-order valence-corrected chi connectivity index (χ3v) is 5.57. The molecule has 3 rings (SSSR count). The predicted molar refractivity (Wildman–Crippen MR) is 103 cm³/mol. The molecule has 2 saturated heterocycles. The molecule has 0 aliphatic carbocycles. The molecule has 25 heavy (non-hydrogen) atoms. The molecule has 2 aliphatic rings. The summed E-state index contributed by atoms with van der Waals surface area (Å²) >= 11 is 0. The van der Waals surface area contributed by atoms with Gasteiger partial charge < -0.3 is 18.9 Å². The fourth-order valence-corrected chi connectivity index (χ4v) is 3.11. The van der Waals surface area contributed by atoms with Crippen molar-refractivity contribution in [3.05, 3.63) is 35.8 Å². The highest BCUT2D eigenvalue weighted by Crippen LogP contribution is 2.37. The quantitative estimate of drug-likeness (QED) is 0.778. The Morgan fingerprint density at radius 2 is 1.60 bits per heavy atom. The van der Waals surface area contributed by atoms with E-state index in [2.05, 4.69) is 51.8 Å². The topological polar surface area (TPSA) is 30.9 Å². The van der Waals surface area contributed by atoms with Crippen LogP contribution in [0.2, 0.25) is 0 Å². The van der Waals surface area contributed by atoms with Crippen molar-refractivity contribution >= 4 is 13.2 Å². The molecule has 0 unspecified atom stereocenters. The smallest absolute Gasteiger partial charge is 0.487 e. The lowest BCUT2D eigenvalue weighted by molar-refractivity contribution is 0.00578. The molecule has 0 N–H and O–H groups in total. The van der Waals surface area contributed by atoms with Gasteiger partial charge in [-0.1, -0.05) is 24.2 Å². The van der Waals surface area contributed by atoms with E-state index in [1.54, 1.807) is 0 Å². The minimum atomic E-state index is -0.305. The number of nitrogens with zero attached hydrogens (tertiary/aromatic N) is 1. The minimum Gasteiger partial charge on any atom is -0.490 e. The second-order valence-corrected chi connectivity index (χ2v) is 8.17. The van der Waals surface area contributed by atoms with Gasteiger partial charge in [0.05, 0.1) is 11.2 Å². The second kappa shape index (κ2) is 7.14. The van der Waals surface area contributed by atoms with Crippen molar-refractivity contribution < 1.29 is 14.0 Å². The molecule has 2 fully saturated rings. The summed E-state index contributed by atoms with van der Waals surface area (Å²) in [5.41, 5.74) is 0.520. The van der Waals surface area contributed by atoms with E-state index in [1.807, 2.05) is 24.2 Å². The number of likely N-dealkylation sites (tertiary alicyclic amines) is 1. The van der Waals surface area contributed by atoms with E-state index >= 15 is 0 Å². The minimum absolute atomic E-state index is 0.298. The summed E-state index contributed by atoms with van der Waals surface area (Å²) in [4.78, 5) is 2.35. The van der Waals surface area contributed by atoms with Crippen LogP contribution in [0.1, 0.15) is 46.1 Å². The summed E-state index contributed by atoms with van der Waals surface area (Å²) < 4.78 is 18.1. The molecule has 5 heteroatoms. The van der Waals surface area contributed by atoms with Crippen LogP contribution in [0.25, 0.3) is 6.08 Å². The lowest BCUT2D eigenvalue weighted by atomic mass is 9.89. The number of rotatable bonds is 4. The number of hydrogen-bond donors (Lipinski definition) is 0. The SMILES string of the molecule is CN1CCC(Oc2ccc(C=CB3OC(C)(C)C(C)(C)O3)cc2)CC1. The van der Waals surface area contributed by atoms with Crippen LogP contribution >= 0.6 is 0 Å². The van der Waals surface area contributed by atoms with Crippen LogP contribution in [-0.2, 0) is 9.31 Å². The van der Waals surface area contributed by atoms with Gasteiger partial charge in [-0.25, -0.2) is 0 Å². The normalized spacial score (nSPS) is 24.1. The first-order chi connectivity index (χ1) is 11.7. The lowest BCUT2D eigenvalue weighted by Crippen LogP contribution is -2.41.